The molecule has 0 aromatic heterocycles. The maximum absolute atomic E-state index is 13.1. The van der Waals surface area contributed by atoms with Gasteiger partial charge in [0.1, 0.15) is 0 Å². The van der Waals surface area contributed by atoms with Crippen molar-refractivity contribution in [2.45, 2.75) is 18.9 Å². The Morgan fingerprint density at radius 2 is 2.11 bits per heavy atom. The molecule has 0 saturated carbocycles. The van der Waals surface area contributed by atoms with E-state index in [1.807, 2.05) is 0 Å². The first-order chi connectivity index (χ1) is 8.91. The number of halogens is 2. The molecule has 19 heavy (non-hydrogen) atoms. The standard InChI is InChI=1S/C13H17F2NO2S/c1-16-13(10-4-5-19(17,18)8-10)7-9-2-3-11(14)12(15)6-9/h2-3,6,10,13,16H,4-5,7-8H2,1H3. The Morgan fingerprint density at radius 3 is 2.63 bits per heavy atom. The molecule has 1 aliphatic heterocycles. The van der Waals surface area contributed by atoms with Gasteiger partial charge in [-0.3, -0.25) is 0 Å². The molecule has 1 N–H and O–H groups in total. The molecule has 0 spiro atoms. The van der Waals surface area contributed by atoms with E-state index < -0.39 is 21.5 Å². The van der Waals surface area contributed by atoms with Crippen LogP contribution in [0.3, 0.4) is 0 Å². The largest absolute Gasteiger partial charge is 0.316 e. The van der Waals surface area contributed by atoms with E-state index in [0.29, 0.717) is 18.4 Å². The van der Waals surface area contributed by atoms with Gasteiger partial charge >= 0.3 is 0 Å². The van der Waals surface area contributed by atoms with Gasteiger partial charge in [-0.2, -0.15) is 0 Å². The molecule has 1 aromatic rings. The molecule has 3 nitrogen and oxygen atoms in total. The van der Waals surface area contributed by atoms with Crippen molar-refractivity contribution in [1.82, 2.24) is 5.32 Å². The fourth-order valence-electron chi connectivity index (χ4n) is 2.57. The van der Waals surface area contributed by atoms with E-state index in [-0.39, 0.29) is 23.5 Å². The van der Waals surface area contributed by atoms with Gasteiger partial charge in [-0.1, -0.05) is 6.07 Å². The molecule has 1 aliphatic rings. The summed E-state index contributed by atoms with van der Waals surface area (Å²) >= 11 is 0. The Morgan fingerprint density at radius 1 is 1.37 bits per heavy atom. The summed E-state index contributed by atoms with van der Waals surface area (Å²) in [6, 6.07) is 3.76. The molecule has 0 radical (unpaired) electrons. The molecule has 6 heteroatoms. The minimum Gasteiger partial charge on any atom is -0.316 e. The smallest absolute Gasteiger partial charge is 0.159 e. The minimum atomic E-state index is -2.93. The Balaban J connectivity index is 2.09. The van der Waals surface area contributed by atoms with Crippen LogP contribution in [-0.2, 0) is 16.3 Å². The summed E-state index contributed by atoms with van der Waals surface area (Å²) < 4.78 is 48.9. The van der Waals surface area contributed by atoms with Gasteiger partial charge in [0.2, 0.25) is 0 Å². The first kappa shape index (κ1) is 14.4. The molecule has 1 heterocycles. The molecule has 1 aromatic carbocycles. The lowest BCUT2D eigenvalue weighted by atomic mass is 9.93. The maximum Gasteiger partial charge on any atom is 0.159 e. The van der Waals surface area contributed by atoms with Crippen LogP contribution in [0.2, 0.25) is 0 Å². The van der Waals surface area contributed by atoms with Gasteiger partial charge in [0.15, 0.2) is 21.5 Å². The van der Waals surface area contributed by atoms with Crippen LogP contribution in [0.4, 0.5) is 8.78 Å². The van der Waals surface area contributed by atoms with Crippen LogP contribution < -0.4 is 5.32 Å². The predicted octanol–water partition coefficient (Wildman–Crippen LogP) is 1.53. The molecule has 1 saturated heterocycles. The molecule has 0 aliphatic carbocycles. The van der Waals surface area contributed by atoms with Crippen LogP contribution in [0.25, 0.3) is 0 Å². The van der Waals surface area contributed by atoms with Gasteiger partial charge in [0, 0.05) is 6.04 Å². The lowest BCUT2D eigenvalue weighted by Gasteiger charge is -2.22. The Kier molecular flexibility index (Phi) is 4.20. The third kappa shape index (κ3) is 3.51. The number of likely N-dealkylation sites (N-methyl/N-ethyl adjacent to an activating group) is 1. The van der Waals surface area contributed by atoms with E-state index in [1.54, 1.807) is 7.05 Å². The number of hydrogen-bond acceptors (Lipinski definition) is 3. The molecule has 2 rings (SSSR count). The fraction of sp³-hybridized carbons (Fsp3) is 0.538. The van der Waals surface area contributed by atoms with Gasteiger partial charge in [0.25, 0.3) is 0 Å². The van der Waals surface area contributed by atoms with Crippen molar-refractivity contribution < 1.29 is 17.2 Å². The molecule has 0 amide bonds. The zero-order valence-corrected chi connectivity index (χ0v) is 11.5. The first-order valence-corrected chi connectivity index (χ1v) is 8.05. The monoisotopic (exact) mass is 289 g/mol. The van der Waals surface area contributed by atoms with Gasteiger partial charge in [-0.25, -0.2) is 17.2 Å². The van der Waals surface area contributed by atoms with Crippen molar-refractivity contribution in [2.75, 3.05) is 18.6 Å². The van der Waals surface area contributed by atoms with Crippen molar-refractivity contribution in [3.05, 3.63) is 35.4 Å². The summed E-state index contributed by atoms with van der Waals surface area (Å²) in [6.07, 6.45) is 1.12. The Hall–Kier alpha value is -1.01. The third-order valence-electron chi connectivity index (χ3n) is 3.65. The highest BCUT2D eigenvalue weighted by Crippen LogP contribution is 2.24. The summed E-state index contributed by atoms with van der Waals surface area (Å²) in [6.45, 7) is 0. The molecular formula is C13H17F2NO2S. The molecule has 1 fully saturated rings. The molecule has 2 unspecified atom stereocenters. The number of sulfone groups is 1. The zero-order valence-electron chi connectivity index (χ0n) is 10.7. The third-order valence-corrected chi connectivity index (χ3v) is 5.44. The molecule has 0 bridgehead atoms. The van der Waals surface area contributed by atoms with Gasteiger partial charge in [-0.15, -0.1) is 0 Å². The highest BCUT2D eigenvalue weighted by Gasteiger charge is 2.33. The van der Waals surface area contributed by atoms with E-state index >= 15 is 0 Å². The van der Waals surface area contributed by atoms with Crippen molar-refractivity contribution in [1.29, 1.82) is 0 Å². The van der Waals surface area contributed by atoms with Crippen molar-refractivity contribution >= 4 is 9.84 Å². The Labute approximate surface area is 111 Å². The van der Waals surface area contributed by atoms with Crippen molar-refractivity contribution in [3.63, 3.8) is 0 Å². The summed E-state index contributed by atoms with van der Waals surface area (Å²) in [5.41, 5.74) is 0.669. The maximum atomic E-state index is 13.1. The topological polar surface area (TPSA) is 46.2 Å². The van der Waals surface area contributed by atoms with E-state index in [0.717, 1.165) is 6.07 Å². The van der Waals surface area contributed by atoms with E-state index in [1.165, 1.54) is 12.1 Å². The van der Waals surface area contributed by atoms with Crippen LogP contribution >= 0.6 is 0 Å². The van der Waals surface area contributed by atoms with E-state index in [4.69, 9.17) is 0 Å². The van der Waals surface area contributed by atoms with Gasteiger partial charge in [-0.05, 0) is 43.5 Å². The van der Waals surface area contributed by atoms with E-state index in [9.17, 15) is 17.2 Å². The van der Waals surface area contributed by atoms with Crippen LogP contribution in [0.5, 0.6) is 0 Å². The minimum absolute atomic E-state index is 0.0307. The number of benzene rings is 1. The van der Waals surface area contributed by atoms with Gasteiger partial charge in [0.05, 0.1) is 11.5 Å². The van der Waals surface area contributed by atoms with Crippen LogP contribution in [0.15, 0.2) is 18.2 Å². The van der Waals surface area contributed by atoms with Crippen LogP contribution in [0.1, 0.15) is 12.0 Å². The normalized spacial score (nSPS) is 23.4. The number of hydrogen-bond donors (Lipinski definition) is 1. The van der Waals surface area contributed by atoms with Crippen molar-refractivity contribution in [2.24, 2.45) is 5.92 Å². The summed E-state index contributed by atoms with van der Waals surface area (Å²) in [5, 5.41) is 3.08. The predicted molar refractivity (Wildman–Crippen MR) is 69.7 cm³/mol. The Bertz CT molecular complexity index is 560. The second-order valence-electron chi connectivity index (χ2n) is 5.01. The molecule has 2 atom stereocenters. The summed E-state index contributed by atoms with van der Waals surface area (Å²) in [4.78, 5) is 0. The SMILES string of the molecule is CNC(Cc1ccc(F)c(F)c1)C1CCS(=O)(=O)C1. The lowest BCUT2D eigenvalue weighted by molar-refractivity contribution is 0.401. The van der Waals surface area contributed by atoms with Crippen LogP contribution in [0, 0.1) is 17.6 Å². The lowest BCUT2D eigenvalue weighted by Crippen LogP contribution is -2.36. The highest BCUT2D eigenvalue weighted by atomic mass is 32.2. The second-order valence-corrected chi connectivity index (χ2v) is 7.24. The van der Waals surface area contributed by atoms with Gasteiger partial charge < -0.3 is 5.32 Å². The number of nitrogens with one attached hydrogen (secondary N) is 1. The molecule has 106 valence electrons. The number of rotatable bonds is 4. The summed E-state index contributed by atoms with van der Waals surface area (Å²) in [5.74, 6) is -1.32. The quantitative estimate of drug-likeness (QED) is 0.914. The molecular weight excluding hydrogens is 272 g/mol. The average molecular weight is 289 g/mol. The second kappa shape index (κ2) is 5.54. The van der Waals surface area contributed by atoms with Crippen molar-refractivity contribution in [3.8, 4) is 0 Å². The highest BCUT2D eigenvalue weighted by molar-refractivity contribution is 7.91. The average Bonchev–Trinajstić information content (AvgIpc) is 2.71. The summed E-state index contributed by atoms with van der Waals surface area (Å²) in [7, 11) is -1.17. The van der Waals surface area contributed by atoms with Crippen LogP contribution in [-0.4, -0.2) is 33.0 Å². The first-order valence-electron chi connectivity index (χ1n) is 6.23. The van der Waals surface area contributed by atoms with E-state index in [2.05, 4.69) is 5.32 Å². The fourth-order valence-corrected chi connectivity index (χ4v) is 4.45. The zero-order chi connectivity index (χ0) is 14.0.